The number of benzene rings is 1. The highest BCUT2D eigenvalue weighted by molar-refractivity contribution is 5.82. The van der Waals surface area contributed by atoms with Gasteiger partial charge in [-0.25, -0.2) is 4.79 Å². The van der Waals surface area contributed by atoms with E-state index in [0.717, 1.165) is 12.1 Å². The average molecular weight is 264 g/mol. The van der Waals surface area contributed by atoms with Crippen molar-refractivity contribution >= 4 is 5.97 Å². The number of methoxy groups -OCH3 is 1. The van der Waals surface area contributed by atoms with E-state index in [1.54, 1.807) is 0 Å². The van der Waals surface area contributed by atoms with Crippen LogP contribution < -0.4 is 5.73 Å². The molecular weight excluding hydrogens is 240 g/mol. The number of esters is 1. The molecular formula is C15H24N2O2. The zero-order valence-corrected chi connectivity index (χ0v) is 12.2. The maximum absolute atomic E-state index is 12.1. The van der Waals surface area contributed by atoms with Crippen LogP contribution in [-0.2, 0) is 15.1 Å². The molecule has 0 radical (unpaired) electrons. The maximum atomic E-state index is 12.1. The lowest BCUT2D eigenvalue weighted by Crippen LogP contribution is -2.48. The van der Waals surface area contributed by atoms with Crippen LogP contribution in [0.25, 0.3) is 0 Å². The van der Waals surface area contributed by atoms with Gasteiger partial charge in [-0.05, 0) is 32.9 Å². The lowest BCUT2D eigenvalue weighted by molar-refractivity contribution is -0.148. The van der Waals surface area contributed by atoms with Gasteiger partial charge in [0, 0.05) is 12.6 Å². The Morgan fingerprint density at radius 2 is 1.95 bits per heavy atom. The van der Waals surface area contributed by atoms with E-state index in [-0.39, 0.29) is 0 Å². The molecule has 1 rings (SSSR count). The lowest BCUT2D eigenvalue weighted by atomic mass is 9.87. The van der Waals surface area contributed by atoms with Crippen molar-refractivity contribution in [2.75, 3.05) is 20.7 Å². The van der Waals surface area contributed by atoms with Gasteiger partial charge in [0.2, 0.25) is 0 Å². The molecule has 2 N–H and O–H groups in total. The Morgan fingerprint density at radius 3 is 2.42 bits per heavy atom. The molecule has 1 atom stereocenters. The fourth-order valence-corrected chi connectivity index (χ4v) is 1.89. The van der Waals surface area contributed by atoms with Gasteiger partial charge in [-0.3, -0.25) is 0 Å². The van der Waals surface area contributed by atoms with Crippen molar-refractivity contribution in [3.63, 3.8) is 0 Å². The summed E-state index contributed by atoms with van der Waals surface area (Å²) >= 11 is 0. The minimum atomic E-state index is -1.08. The van der Waals surface area contributed by atoms with Crippen LogP contribution in [0.15, 0.2) is 30.3 Å². The molecule has 0 aliphatic heterocycles. The van der Waals surface area contributed by atoms with Gasteiger partial charge >= 0.3 is 5.97 Å². The predicted molar refractivity (Wildman–Crippen MR) is 76.7 cm³/mol. The van der Waals surface area contributed by atoms with Crippen LogP contribution in [0.1, 0.15) is 25.8 Å². The number of hydrogen-bond acceptors (Lipinski definition) is 4. The first kappa shape index (κ1) is 15.7. The second kappa shape index (κ2) is 6.68. The smallest absolute Gasteiger partial charge is 0.330 e. The molecule has 0 heterocycles. The molecule has 0 aliphatic carbocycles. The quantitative estimate of drug-likeness (QED) is 0.795. The summed E-state index contributed by atoms with van der Waals surface area (Å²) in [6.45, 7) is 4.95. The van der Waals surface area contributed by atoms with Crippen LogP contribution >= 0.6 is 0 Å². The third kappa shape index (κ3) is 3.78. The highest BCUT2D eigenvalue weighted by atomic mass is 16.5. The number of rotatable bonds is 6. The summed E-state index contributed by atoms with van der Waals surface area (Å²) < 4.78 is 4.88. The molecule has 1 unspecified atom stereocenters. The zero-order chi connectivity index (χ0) is 14.5. The zero-order valence-electron chi connectivity index (χ0n) is 12.2. The Bertz CT molecular complexity index is 406. The second-order valence-electron chi connectivity index (χ2n) is 5.15. The van der Waals surface area contributed by atoms with Crippen molar-refractivity contribution < 1.29 is 9.53 Å². The molecule has 0 aromatic heterocycles. The monoisotopic (exact) mass is 264 g/mol. The molecule has 1 aromatic carbocycles. The molecule has 0 saturated heterocycles. The molecule has 19 heavy (non-hydrogen) atoms. The topological polar surface area (TPSA) is 55.6 Å². The molecule has 0 saturated carbocycles. The molecule has 4 nitrogen and oxygen atoms in total. The summed E-state index contributed by atoms with van der Waals surface area (Å²) in [6, 6.07) is 9.82. The summed E-state index contributed by atoms with van der Waals surface area (Å²) in [5.74, 6) is -0.393. The normalized spacial score (nSPS) is 14.5. The van der Waals surface area contributed by atoms with E-state index in [1.807, 2.05) is 37.4 Å². The van der Waals surface area contributed by atoms with Crippen molar-refractivity contribution in [3.8, 4) is 0 Å². The van der Waals surface area contributed by atoms with Gasteiger partial charge in [0.1, 0.15) is 5.54 Å². The van der Waals surface area contributed by atoms with Crippen molar-refractivity contribution in [1.82, 2.24) is 4.90 Å². The number of hydrogen-bond donors (Lipinski definition) is 1. The SMILES string of the molecule is COC(=O)C(N)(CCN(C)C(C)C)c1ccccc1. The van der Waals surface area contributed by atoms with Gasteiger partial charge < -0.3 is 15.4 Å². The highest BCUT2D eigenvalue weighted by Gasteiger charge is 2.37. The number of carbonyl (C=O) groups excluding carboxylic acids is 1. The molecule has 0 spiro atoms. The van der Waals surface area contributed by atoms with Gasteiger partial charge in [-0.1, -0.05) is 30.3 Å². The van der Waals surface area contributed by atoms with Gasteiger partial charge in [0.15, 0.2) is 0 Å². The first-order chi connectivity index (χ1) is 8.91. The van der Waals surface area contributed by atoms with Crippen LogP contribution in [0.2, 0.25) is 0 Å². The number of carbonyl (C=O) groups is 1. The van der Waals surface area contributed by atoms with Crippen LogP contribution in [-0.4, -0.2) is 37.6 Å². The van der Waals surface area contributed by atoms with E-state index >= 15 is 0 Å². The van der Waals surface area contributed by atoms with Gasteiger partial charge in [0.25, 0.3) is 0 Å². The van der Waals surface area contributed by atoms with E-state index in [9.17, 15) is 4.79 Å². The van der Waals surface area contributed by atoms with Crippen molar-refractivity contribution in [3.05, 3.63) is 35.9 Å². The molecule has 0 bridgehead atoms. The molecule has 106 valence electrons. The van der Waals surface area contributed by atoms with Gasteiger partial charge in [0.05, 0.1) is 7.11 Å². The standard InChI is InChI=1S/C15H24N2O2/c1-12(2)17(3)11-10-15(16,14(18)19-4)13-8-6-5-7-9-13/h5-9,12H,10-11,16H2,1-4H3. The Hall–Kier alpha value is -1.39. The molecule has 0 aliphatic rings. The van der Waals surface area contributed by atoms with Crippen LogP contribution in [0, 0.1) is 0 Å². The number of nitrogens with zero attached hydrogens (tertiary/aromatic N) is 1. The predicted octanol–water partition coefficient (Wildman–Crippen LogP) is 1.74. The third-order valence-electron chi connectivity index (χ3n) is 3.58. The first-order valence-corrected chi connectivity index (χ1v) is 6.55. The molecule has 4 heteroatoms. The third-order valence-corrected chi connectivity index (χ3v) is 3.58. The van der Waals surface area contributed by atoms with Crippen LogP contribution in [0.5, 0.6) is 0 Å². The Kier molecular flexibility index (Phi) is 5.51. The van der Waals surface area contributed by atoms with E-state index in [1.165, 1.54) is 7.11 Å². The minimum absolute atomic E-state index is 0.393. The molecule has 1 aromatic rings. The van der Waals surface area contributed by atoms with Gasteiger partial charge in [-0.15, -0.1) is 0 Å². The minimum Gasteiger partial charge on any atom is -0.467 e. The molecule has 0 fully saturated rings. The largest absolute Gasteiger partial charge is 0.467 e. The summed E-state index contributed by atoms with van der Waals surface area (Å²) in [7, 11) is 3.40. The van der Waals surface area contributed by atoms with Crippen LogP contribution in [0.3, 0.4) is 0 Å². The summed E-state index contributed by atoms with van der Waals surface area (Å²) in [4.78, 5) is 14.2. The van der Waals surface area contributed by atoms with Crippen molar-refractivity contribution in [2.24, 2.45) is 5.73 Å². The number of ether oxygens (including phenoxy) is 1. The lowest BCUT2D eigenvalue weighted by Gasteiger charge is -2.30. The first-order valence-electron chi connectivity index (χ1n) is 6.55. The summed E-state index contributed by atoms with van der Waals surface area (Å²) in [5.41, 5.74) is 6.03. The van der Waals surface area contributed by atoms with E-state index < -0.39 is 11.5 Å². The van der Waals surface area contributed by atoms with Crippen LogP contribution in [0.4, 0.5) is 0 Å². The summed E-state index contributed by atoms with van der Waals surface area (Å²) in [6.07, 6.45) is 0.526. The summed E-state index contributed by atoms with van der Waals surface area (Å²) in [5, 5.41) is 0. The van der Waals surface area contributed by atoms with Gasteiger partial charge in [-0.2, -0.15) is 0 Å². The maximum Gasteiger partial charge on any atom is 0.330 e. The molecule has 0 amide bonds. The fraction of sp³-hybridized carbons (Fsp3) is 0.533. The Balaban J connectivity index is 2.92. The fourth-order valence-electron chi connectivity index (χ4n) is 1.89. The Morgan fingerprint density at radius 1 is 1.37 bits per heavy atom. The number of nitrogens with two attached hydrogens (primary N) is 1. The Labute approximate surface area is 115 Å². The van der Waals surface area contributed by atoms with Crippen molar-refractivity contribution in [1.29, 1.82) is 0 Å². The average Bonchev–Trinajstić information content (AvgIpc) is 2.44. The second-order valence-corrected chi connectivity index (χ2v) is 5.15. The van der Waals surface area contributed by atoms with E-state index in [2.05, 4.69) is 18.7 Å². The van der Waals surface area contributed by atoms with Crippen molar-refractivity contribution in [2.45, 2.75) is 31.8 Å². The van der Waals surface area contributed by atoms with E-state index in [4.69, 9.17) is 10.5 Å². The highest BCUT2D eigenvalue weighted by Crippen LogP contribution is 2.24. The van der Waals surface area contributed by atoms with E-state index in [0.29, 0.717) is 12.5 Å².